The third-order valence-electron chi connectivity index (χ3n) is 4.89. The maximum atomic E-state index is 5.48. The van der Waals surface area contributed by atoms with Gasteiger partial charge in [0.15, 0.2) is 5.96 Å². The number of aromatic nitrogens is 1. The van der Waals surface area contributed by atoms with E-state index in [4.69, 9.17) is 14.7 Å². The number of nitrogens with zero attached hydrogens (tertiary/aromatic N) is 3. The summed E-state index contributed by atoms with van der Waals surface area (Å²) >= 11 is 1.65. The van der Waals surface area contributed by atoms with Crippen molar-refractivity contribution in [2.75, 3.05) is 39.4 Å². The third-order valence-corrected chi connectivity index (χ3v) is 5.73. The van der Waals surface area contributed by atoms with Gasteiger partial charge in [-0.05, 0) is 20.8 Å². The van der Waals surface area contributed by atoms with Gasteiger partial charge in [0.05, 0.1) is 25.5 Å². The van der Waals surface area contributed by atoms with E-state index in [9.17, 15) is 0 Å². The lowest BCUT2D eigenvalue weighted by Gasteiger charge is -2.41. The summed E-state index contributed by atoms with van der Waals surface area (Å²) in [4.78, 5) is 11.9. The number of aliphatic imine (C=N–C) groups is 1. The average Bonchev–Trinajstić information content (AvgIpc) is 3.20. The Labute approximate surface area is 195 Å². The van der Waals surface area contributed by atoms with Crippen LogP contribution >= 0.6 is 35.3 Å². The fourth-order valence-electron chi connectivity index (χ4n) is 3.19. The molecular formula is C21H32IN5OS. The number of ether oxygens (including phenoxy) is 1. The minimum atomic E-state index is 0. The van der Waals surface area contributed by atoms with Crippen LogP contribution in [0.1, 0.15) is 25.8 Å². The van der Waals surface area contributed by atoms with Gasteiger partial charge in [-0.3, -0.25) is 4.90 Å². The van der Waals surface area contributed by atoms with Crippen LogP contribution in [0.25, 0.3) is 11.3 Å². The molecule has 0 aliphatic carbocycles. The van der Waals surface area contributed by atoms with E-state index in [0.717, 1.165) is 61.6 Å². The van der Waals surface area contributed by atoms with Crippen molar-refractivity contribution in [1.29, 1.82) is 0 Å². The summed E-state index contributed by atoms with van der Waals surface area (Å²) in [5.41, 5.74) is 2.20. The molecule has 2 aromatic rings. The standard InChI is InChI=1S/C21H31N5OS.HI/c1-4-22-20(24-16-21(2,3)26-10-12-27-13-11-26)23-14-19-25-18(15-28-19)17-8-6-5-7-9-17;/h5-9,15H,4,10-14,16H2,1-3H3,(H2,22,23,24);1H. The van der Waals surface area contributed by atoms with Crippen molar-refractivity contribution in [2.45, 2.75) is 32.9 Å². The highest BCUT2D eigenvalue weighted by molar-refractivity contribution is 14.0. The zero-order chi connectivity index (χ0) is 19.8. The van der Waals surface area contributed by atoms with Crippen molar-refractivity contribution in [3.8, 4) is 11.3 Å². The van der Waals surface area contributed by atoms with Gasteiger partial charge in [0.1, 0.15) is 5.01 Å². The quantitative estimate of drug-likeness (QED) is 0.326. The zero-order valence-corrected chi connectivity index (χ0v) is 20.6. The van der Waals surface area contributed by atoms with Gasteiger partial charge < -0.3 is 15.4 Å². The van der Waals surface area contributed by atoms with Gasteiger partial charge in [0, 0.05) is 42.7 Å². The molecule has 0 saturated carbocycles. The molecule has 1 aromatic carbocycles. The van der Waals surface area contributed by atoms with Crippen LogP contribution in [0.2, 0.25) is 0 Å². The normalized spacial score (nSPS) is 15.6. The topological polar surface area (TPSA) is 61.8 Å². The molecule has 8 heteroatoms. The van der Waals surface area contributed by atoms with Crippen LogP contribution in [0.4, 0.5) is 0 Å². The fourth-order valence-corrected chi connectivity index (χ4v) is 3.92. The summed E-state index contributed by atoms with van der Waals surface area (Å²) in [6, 6.07) is 10.3. The van der Waals surface area contributed by atoms with Crippen molar-refractivity contribution in [3.63, 3.8) is 0 Å². The molecule has 0 radical (unpaired) electrons. The van der Waals surface area contributed by atoms with Gasteiger partial charge in [0.2, 0.25) is 0 Å². The van der Waals surface area contributed by atoms with Crippen molar-refractivity contribution in [1.82, 2.24) is 20.5 Å². The molecule has 1 aliphatic rings. The lowest BCUT2D eigenvalue weighted by molar-refractivity contribution is -0.00834. The van der Waals surface area contributed by atoms with Crippen LogP contribution < -0.4 is 10.6 Å². The minimum absolute atomic E-state index is 0. The number of benzene rings is 1. The van der Waals surface area contributed by atoms with E-state index in [1.54, 1.807) is 11.3 Å². The molecule has 1 aromatic heterocycles. The molecule has 1 aliphatic heterocycles. The maximum Gasteiger partial charge on any atom is 0.191 e. The second-order valence-corrected chi connectivity index (χ2v) is 8.40. The first-order valence-electron chi connectivity index (χ1n) is 9.93. The first-order valence-corrected chi connectivity index (χ1v) is 10.8. The number of guanidine groups is 1. The predicted molar refractivity (Wildman–Crippen MR) is 132 cm³/mol. The molecule has 0 unspecified atom stereocenters. The van der Waals surface area contributed by atoms with Crippen molar-refractivity contribution in [2.24, 2.45) is 4.99 Å². The van der Waals surface area contributed by atoms with Crippen LogP contribution in [0.5, 0.6) is 0 Å². The Hall–Kier alpha value is -1.23. The predicted octanol–water partition coefficient (Wildman–Crippen LogP) is 3.59. The van der Waals surface area contributed by atoms with Crippen LogP contribution in [0.3, 0.4) is 0 Å². The SMILES string of the molecule is CCNC(=NCc1nc(-c2ccccc2)cs1)NCC(C)(C)N1CCOCC1.I. The molecule has 2 heterocycles. The molecule has 0 bridgehead atoms. The smallest absolute Gasteiger partial charge is 0.191 e. The highest BCUT2D eigenvalue weighted by Gasteiger charge is 2.28. The highest BCUT2D eigenvalue weighted by Crippen LogP contribution is 2.22. The molecule has 1 fully saturated rings. The molecule has 0 amide bonds. The van der Waals surface area contributed by atoms with Gasteiger partial charge in [-0.2, -0.15) is 0 Å². The molecule has 6 nitrogen and oxygen atoms in total. The number of morpholine rings is 1. The van der Waals surface area contributed by atoms with Gasteiger partial charge in [-0.25, -0.2) is 9.98 Å². The van der Waals surface area contributed by atoms with Crippen LogP contribution in [-0.4, -0.2) is 60.8 Å². The van der Waals surface area contributed by atoms with Gasteiger partial charge in [0.25, 0.3) is 0 Å². The van der Waals surface area contributed by atoms with E-state index in [0.29, 0.717) is 6.54 Å². The first-order chi connectivity index (χ1) is 13.6. The molecule has 1 saturated heterocycles. The van der Waals surface area contributed by atoms with E-state index < -0.39 is 0 Å². The van der Waals surface area contributed by atoms with Gasteiger partial charge in [-0.1, -0.05) is 30.3 Å². The molecule has 2 N–H and O–H groups in total. The average molecular weight is 529 g/mol. The lowest BCUT2D eigenvalue weighted by atomic mass is 10.0. The molecule has 0 atom stereocenters. The molecule has 3 rings (SSSR count). The van der Waals surface area contributed by atoms with Gasteiger partial charge in [-0.15, -0.1) is 35.3 Å². The van der Waals surface area contributed by atoms with E-state index in [1.165, 1.54) is 0 Å². The number of thiazole rings is 1. The third kappa shape index (κ3) is 7.20. The number of halogens is 1. The molecule has 29 heavy (non-hydrogen) atoms. The monoisotopic (exact) mass is 529 g/mol. The number of hydrogen-bond donors (Lipinski definition) is 2. The summed E-state index contributed by atoms with van der Waals surface area (Å²) < 4.78 is 5.48. The summed E-state index contributed by atoms with van der Waals surface area (Å²) in [6.07, 6.45) is 0. The second kappa shape index (κ2) is 11.8. The molecule has 0 spiro atoms. The van der Waals surface area contributed by atoms with Crippen molar-refractivity contribution < 1.29 is 4.74 Å². The number of nitrogens with one attached hydrogen (secondary N) is 2. The summed E-state index contributed by atoms with van der Waals surface area (Å²) in [5.74, 6) is 0.834. The van der Waals surface area contributed by atoms with E-state index in [-0.39, 0.29) is 29.5 Å². The Balaban J connectivity index is 0.00000300. The van der Waals surface area contributed by atoms with Crippen LogP contribution in [-0.2, 0) is 11.3 Å². The molecule has 160 valence electrons. The van der Waals surface area contributed by atoms with E-state index in [1.807, 2.05) is 18.2 Å². The Morgan fingerprint density at radius 2 is 1.93 bits per heavy atom. The summed E-state index contributed by atoms with van der Waals surface area (Å²) in [5, 5.41) is 9.96. The fraction of sp³-hybridized carbons (Fsp3) is 0.524. The van der Waals surface area contributed by atoms with Gasteiger partial charge >= 0.3 is 0 Å². The van der Waals surface area contributed by atoms with Crippen molar-refractivity contribution in [3.05, 3.63) is 40.7 Å². The Morgan fingerprint density at radius 1 is 1.21 bits per heavy atom. The number of hydrogen-bond acceptors (Lipinski definition) is 5. The summed E-state index contributed by atoms with van der Waals surface area (Å²) in [7, 11) is 0. The number of rotatable bonds is 7. The molecular weight excluding hydrogens is 497 g/mol. The zero-order valence-electron chi connectivity index (χ0n) is 17.5. The van der Waals surface area contributed by atoms with Crippen molar-refractivity contribution >= 4 is 41.3 Å². The maximum absolute atomic E-state index is 5.48. The first kappa shape index (κ1) is 24.0. The van der Waals surface area contributed by atoms with E-state index in [2.05, 4.69) is 53.8 Å². The highest BCUT2D eigenvalue weighted by atomic mass is 127. The van der Waals surface area contributed by atoms with Crippen LogP contribution in [0, 0.1) is 0 Å². The Morgan fingerprint density at radius 3 is 2.62 bits per heavy atom. The lowest BCUT2D eigenvalue weighted by Crippen LogP contribution is -2.56. The minimum Gasteiger partial charge on any atom is -0.379 e. The second-order valence-electron chi connectivity index (χ2n) is 7.45. The Kier molecular flexibility index (Phi) is 9.81. The van der Waals surface area contributed by atoms with Crippen LogP contribution in [0.15, 0.2) is 40.7 Å². The van der Waals surface area contributed by atoms with E-state index >= 15 is 0 Å². The Bertz CT molecular complexity index is 759. The summed E-state index contributed by atoms with van der Waals surface area (Å²) in [6.45, 7) is 12.4. The largest absolute Gasteiger partial charge is 0.379 e.